The molecule has 1 aliphatic heterocycles. The van der Waals surface area contributed by atoms with Crippen molar-refractivity contribution in [2.45, 2.75) is 19.8 Å². The maximum Gasteiger partial charge on any atom is 0.254 e. The van der Waals surface area contributed by atoms with Gasteiger partial charge >= 0.3 is 0 Å². The maximum absolute atomic E-state index is 12.7. The van der Waals surface area contributed by atoms with E-state index in [9.17, 15) is 4.79 Å². The summed E-state index contributed by atoms with van der Waals surface area (Å²) in [6.07, 6.45) is 3.86. The fraction of sp³-hybridized carbons (Fsp3) is 0.333. The molecule has 3 rings (SSSR count). The lowest BCUT2D eigenvalue weighted by Gasteiger charge is -2.31. The highest BCUT2D eigenvalue weighted by molar-refractivity contribution is 6.43. The highest BCUT2D eigenvalue weighted by atomic mass is 35.5. The van der Waals surface area contributed by atoms with Gasteiger partial charge in [-0.05, 0) is 43.0 Å². The Morgan fingerprint density at radius 2 is 2.17 bits per heavy atom. The zero-order chi connectivity index (χ0) is 17.1. The van der Waals surface area contributed by atoms with Crippen molar-refractivity contribution in [3.8, 4) is 0 Å². The molecule has 1 aromatic heterocycles. The van der Waals surface area contributed by atoms with Gasteiger partial charge in [0.25, 0.3) is 5.91 Å². The highest BCUT2D eigenvalue weighted by Crippen LogP contribution is 2.31. The summed E-state index contributed by atoms with van der Waals surface area (Å²) in [5.74, 6) is 1.16. The van der Waals surface area contributed by atoms with Crippen LogP contribution in [0.15, 0.2) is 36.5 Å². The van der Waals surface area contributed by atoms with Gasteiger partial charge in [-0.2, -0.15) is 0 Å². The predicted octanol–water partition coefficient (Wildman–Crippen LogP) is 5.00. The van der Waals surface area contributed by atoms with Crippen molar-refractivity contribution >= 4 is 40.6 Å². The first kappa shape index (κ1) is 17.1. The Balaban J connectivity index is 1.79. The minimum absolute atomic E-state index is 0.0455. The first-order valence-electron chi connectivity index (χ1n) is 8.01. The van der Waals surface area contributed by atoms with Crippen LogP contribution in [0.2, 0.25) is 10.0 Å². The Morgan fingerprint density at radius 3 is 2.96 bits per heavy atom. The number of rotatable bonds is 3. The van der Waals surface area contributed by atoms with Crippen LogP contribution in [0.4, 0.5) is 11.5 Å². The van der Waals surface area contributed by atoms with E-state index in [1.165, 1.54) is 6.42 Å². The van der Waals surface area contributed by atoms with Crippen LogP contribution in [0, 0.1) is 5.92 Å². The van der Waals surface area contributed by atoms with Gasteiger partial charge in [0.1, 0.15) is 5.82 Å². The largest absolute Gasteiger partial charge is 0.339 e. The molecule has 1 aliphatic rings. The zero-order valence-corrected chi connectivity index (χ0v) is 14.9. The van der Waals surface area contributed by atoms with Gasteiger partial charge in [-0.1, -0.05) is 36.2 Å². The number of likely N-dealkylation sites (tertiary alicyclic amines) is 1. The fourth-order valence-corrected chi connectivity index (χ4v) is 3.27. The van der Waals surface area contributed by atoms with Gasteiger partial charge in [0.2, 0.25) is 0 Å². The van der Waals surface area contributed by atoms with Crippen molar-refractivity contribution in [2.75, 3.05) is 18.4 Å². The Morgan fingerprint density at radius 1 is 1.33 bits per heavy atom. The molecule has 24 heavy (non-hydrogen) atoms. The van der Waals surface area contributed by atoms with Crippen LogP contribution < -0.4 is 5.32 Å². The molecule has 1 unspecified atom stereocenters. The molecule has 0 aliphatic carbocycles. The van der Waals surface area contributed by atoms with Gasteiger partial charge in [-0.25, -0.2) is 4.98 Å². The number of piperidine rings is 1. The van der Waals surface area contributed by atoms with Gasteiger partial charge < -0.3 is 10.2 Å². The molecular weight excluding hydrogens is 345 g/mol. The number of halogens is 2. The number of anilines is 2. The van der Waals surface area contributed by atoms with E-state index in [2.05, 4.69) is 17.2 Å². The number of pyridine rings is 1. The minimum atomic E-state index is 0.0455. The first-order chi connectivity index (χ1) is 11.5. The summed E-state index contributed by atoms with van der Waals surface area (Å²) in [7, 11) is 0. The summed E-state index contributed by atoms with van der Waals surface area (Å²) in [5, 5.41) is 4.02. The molecule has 126 valence electrons. The standard InChI is InChI=1S/C18H19Cl2N3O/c1-12-4-3-9-23(11-12)18(24)13-7-8-21-16(10-13)22-15-6-2-5-14(19)17(15)20/h2,5-8,10,12H,3-4,9,11H2,1H3,(H,21,22). The predicted molar refractivity (Wildman–Crippen MR) is 98.3 cm³/mol. The Kier molecular flexibility index (Phi) is 5.27. The number of nitrogens with one attached hydrogen (secondary N) is 1. The molecule has 1 fully saturated rings. The average molecular weight is 364 g/mol. The first-order valence-corrected chi connectivity index (χ1v) is 8.76. The van der Waals surface area contributed by atoms with Crippen LogP contribution in [0.1, 0.15) is 30.1 Å². The smallest absolute Gasteiger partial charge is 0.254 e. The maximum atomic E-state index is 12.7. The Bertz CT molecular complexity index is 751. The van der Waals surface area contributed by atoms with Crippen LogP contribution >= 0.6 is 23.2 Å². The number of nitrogens with zero attached hydrogens (tertiary/aromatic N) is 2. The second kappa shape index (κ2) is 7.41. The zero-order valence-electron chi connectivity index (χ0n) is 13.4. The van der Waals surface area contributed by atoms with E-state index < -0.39 is 0 Å². The molecular formula is C18H19Cl2N3O. The van der Waals surface area contributed by atoms with Crippen molar-refractivity contribution in [3.05, 3.63) is 52.1 Å². The molecule has 2 heterocycles. The van der Waals surface area contributed by atoms with Crippen molar-refractivity contribution in [1.29, 1.82) is 0 Å². The topological polar surface area (TPSA) is 45.2 Å². The molecule has 2 aromatic rings. The summed E-state index contributed by atoms with van der Waals surface area (Å²) in [5.41, 5.74) is 1.28. The lowest BCUT2D eigenvalue weighted by Crippen LogP contribution is -2.39. The van der Waals surface area contributed by atoms with Crippen LogP contribution in [-0.2, 0) is 0 Å². The van der Waals surface area contributed by atoms with Crippen molar-refractivity contribution in [1.82, 2.24) is 9.88 Å². The molecule has 1 aromatic carbocycles. The number of hydrogen-bond donors (Lipinski definition) is 1. The number of benzene rings is 1. The molecule has 0 spiro atoms. The number of aromatic nitrogens is 1. The highest BCUT2D eigenvalue weighted by Gasteiger charge is 2.22. The second-order valence-electron chi connectivity index (χ2n) is 6.15. The van der Waals surface area contributed by atoms with Crippen molar-refractivity contribution in [2.24, 2.45) is 5.92 Å². The van der Waals surface area contributed by atoms with Gasteiger partial charge in [0.05, 0.1) is 15.7 Å². The summed E-state index contributed by atoms with van der Waals surface area (Å²) in [6, 6.07) is 8.84. The average Bonchev–Trinajstić information content (AvgIpc) is 2.58. The minimum Gasteiger partial charge on any atom is -0.339 e. The van der Waals surface area contributed by atoms with E-state index in [0.717, 1.165) is 19.5 Å². The van der Waals surface area contributed by atoms with E-state index >= 15 is 0 Å². The van der Waals surface area contributed by atoms with Crippen molar-refractivity contribution < 1.29 is 4.79 Å². The van der Waals surface area contributed by atoms with E-state index in [0.29, 0.717) is 33.0 Å². The molecule has 0 bridgehead atoms. The molecule has 4 nitrogen and oxygen atoms in total. The summed E-state index contributed by atoms with van der Waals surface area (Å²) in [4.78, 5) is 18.9. The van der Waals surface area contributed by atoms with Crippen molar-refractivity contribution in [3.63, 3.8) is 0 Å². The van der Waals surface area contributed by atoms with E-state index in [1.807, 2.05) is 11.0 Å². The normalized spacial score (nSPS) is 17.6. The van der Waals surface area contributed by atoms with Gasteiger partial charge in [0.15, 0.2) is 0 Å². The lowest BCUT2D eigenvalue weighted by molar-refractivity contribution is 0.0683. The molecule has 1 N–H and O–H groups in total. The second-order valence-corrected chi connectivity index (χ2v) is 6.94. The molecule has 1 amide bonds. The van der Waals surface area contributed by atoms with E-state index in [1.54, 1.807) is 30.5 Å². The summed E-state index contributed by atoms with van der Waals surface area (Å²) < 4.78 is 0. The molecule has 0 saturated carbocycles. The van der Waals surface area contributed by atoms with Gasteiger partial charge in [0, 0.05) is 24.8 Å². The van der Waals surface area contributed by atoms with E-state index in [-0.39, 0.29) is 5.91 Å². The number of carbonyl (C=O) groups is 1. The van der Waals surface area contributed by atoms with E-state index in [4.69, 9.17) is 23.2 Å². The monoisotopic (exact) mass is 363 g/mol. The molecule has 1 atom stereocenters. The summed E-state index contributed by atoms with van der Waals surface area (Å²) >= 11 is 12.2. The third kappa shape index (κ3) is 3.82. The quantitative estimate of drug-likeness (QED) is 0.833. The number of amides is 1. The van der Waals surface area contributed by atoms with Crippen LogP contribution in [0.3, 0.4) is 0 Å². The molecule has 0 radical (unpaired) electrons. The SMILES string of the molecule is CC1CCCN(C(=O)c2ccnc(Nc3cccc(Cl)c3Cl)c2)C1. The third-order valence-corrected chi connectivity index (χ3v) is 4.98. The Hall–Kier alpha value is -1.78. The summed E-state index contributed by atoms with van der Waals surface area (Å²) in [6.45, 7) is 3.80. The Labute approximate surface area is 151 Å². The number of hydrogen-bond acceptors (Lipinski definition) is 3. The fourth-order valence-electron chi connectivity index (χ4n) is 2.93. The van der Waals surface area contributed by atoms with Crippen LogP contribution in [-0.4, -0.2) is 28.9 Å². The number of carbonyl (C=O) groups excluding carboxylic acids is 1. The lowest BCUT2D eigenvalue weighted by atomic mass is 9.99. The van der Waals surface area contributed by atoms with Gasteiger partial charge in [-0.15, -0.1) is 0 Å². The van der Waals surface area contributed by atoms with Crippen LogP contribution in [0.25, 0.3) is 0 Å². The molecule has 1 saturated heterocycles. The van der Waals surface area contributed by atoms with Crippen LogP contribution in [0.5, 0.6) is 0 Å². The molecule has 6 heteroatoms. The van der Waals surface area contributed by atoms with Gasteiger partial charge in [-0.3, -0.25) is 4.79 Å². The third-order valence-electron chi connectivity index (χ3n) is 4.17.